The van der Waals surface area contributed by atoms with Crippen LogP contribution in [-0.2, 0) is 4.74 Å². The molecular formula is C15H24N4O3. The molecule has 1 unspecified atom stereocenters. The molecule has 1 aromatic heterocycles. The van der Waals surface area contributed by atoms with Crippen molar-refractivity contribution in [2.45, 2.75) is 25.7 Å². The number of hydrogen-bond donors (Lipinski definition) is 2. The predicted molar refractivity (Wildman–Crippen MR) is 82.6 cm³/mol. The minimum Gasteiger partial charge on any atom is -0.396 e. The third-order valence-electron chi connectivity index (χ3n) is 4.25. The van der Waals surface area contributed by atoms with Crippen LogP contribution in [0.2, 0.25) is 0 Å². The maximum atomic E-state index is 11.2. The normalized spacial score (nSPS) is 21.8. The summed E-state index contributed by atoms with van der Waals surface area (Å²) in [6.45, 7) is 2.36. The number of hydrogen-bond acceptors (Lipinski definition) is 6. The quantitative estimate of drug-likeness (QED) is 0.715. The molecule has 1 amide bonds. The molecule has 2 heterocycles. The SMILES string of the molecule is COCCCC1(CO)CCCN(c2cncc(C(N)=O)n2)C1. The van der Waals surface area contributed by atoms with Crippen molar-refractivity contribution in [3.8, 4) is 0 Å². The molecule has 122 valence electrons. The molecule has 7 nitrogen and oxygen atoms in total. The lowest BCUT2D eigenvalue weighted by atomic mass is 9.77. The summed E-state index contributed by atoms with van der Waals surface area (Å²) in [6.07, 6.45) is 6.76. The first kappa shape index (κ1) is 16.6. The molecule has 22 heavy (non-hydrogen) atoms. The molecule has 0 aromatic carbocycles. The van der Waals surface area contributed by atoms with Crippen LogP contribution < -0.4 is 10.6 Å². The zero-order valence-corrected chi connectivity index (χ0v) is 13.0. The van der Waals surface area contributed by atoms with Gasteiger partial charge in [-0.3, -0.25) is 9.78 Å². The van der Waals surface area contributed by atoms with Gasteiger partial charge in [-0.2, -0.15) is 0 Å². The van der Waals surface area contributed by atoms with Gasteiger partial charge < -0.3 is 20.5 Å². The molecule has 7 heteroatoms. The van der Waals surface area contributed by atoms with E-state index < -0.39 is 5.91 Å². The van der Waals surface area contributed by atoms with Gasteiger partial charge in [0, 0.05) is 32.2 Å². The molecule has 0 bridgehead atoms. The zero-order chi connectivity index (χ0) is 16.0. The first-order valence-corrected chi connectivity index (χ1v) is 7.57. The highest BCUT2D eigenvalue weighted by molar-refractivity contribution is 5.90. The first-order valence-electron chi connectivity index (χ1n) is 7.57. The summed E-state index contributed by atoms with van der Waals surface area (Å²) in [5.74, 6) is 0.0560. The summed E-state index contributed by atoms with van der Waals surface area (Å²) < 4.78 is 5.11. The molecule has 0 radical (unpaired) electrons. The van der Waals surface area contributed by atoms with Crippen molar-refractivity contribution in [1.29, 1.82) is 0 Å². The van der Waals surface area contributed by atoms with Gasteiger partial charge in [0.2, 0.25) is 0 Å². The maximum absolute atomic E-state index is 11.2. The average Bonchev–Trinajstić information content (AvgIpc) is 2.55. The van der Waals surface area contributed by atoms with E-state index in [9.17, 15) is 9.90 Å². The van der Waals surface area contributed by atoms with Gasteiger partial charge in [0.05, 0.1) is 19.0 Å². The van der Waals surface area contributed by atoms with E-state index >= 15 is 0 Å². The fourth-order valence-corrected chi connectivity index (χ4v) is 3.03. The Morgan fingerprint density at radius 2 is 2.36 bits per heavy atom. The van der Waals surface area contributed by atoms with Gasteiger partial charge in [-0.15, -0.1) is 0 Å². The van der Waals surface area contributed by atoms with Gasteiger partial charge in [-0.1, -0.05) is 0 Å². The largest absolute Gasteiger partial charge is 0.396 e. The number of nitrogens with zero attached hydrogens (tertiary/aromatic N) is 3. The van der Waals surface area contributed by atoms with Crippen LogP contribution in [0.4, 0.5) is 5.82 Å². The van der Waals surface area contributed by atoms with Crippen LogP contribution in [0.3, 0.4) is 0 Å². The third-order valence-corrected chi connectivity index (χ3v) is 4.25. The molecule has 1 aliphatic heterocycles. The number of methoxy groups -OCH3 is 1. The number of carbonyl (C=O) groups is 1. The molecule has 1 atom stereocenters. The van der Waals surface area contributed by atoms with Crippen molar-refractivity contribution in [1.82, 2.24) is 9.97 Å². The van der Waals surface area contributed by atoms with E-state index in [1.165, 1.54) is 6.20 Å². The van der Waals surface area contributed by atoms with Crippen LogP contribution in [0, 0.1) is 5.41 Å². The Kier molecular flexibility index (Phi) is 5.68. The Labute approximate surface area is 130 Å². The summed E-state index contributed by atoms with van der Waals surface area (Å²) in [5.41, 5.74) is 5.27. The van der Waals surface area contributed by atoms with Crippen LogP contribution >= 0.6 is 0 Å². The number of aromatic nitrogens is 2. The van der Waals surface area contributed by atoms with Crippen molar-refractivity contribution >= 4 is 11.7 Å². The average molecular weight is 308 g/mol. The molecule has 0 saturated carbocycles. The highest BCUT2D eigenvalue weighted by Crippen LogP contribution is 2.35. The summed E-state index contributed by atoms with van der Waals surface area (Å²) in [6, 6.07) is 0. The lowest BCUT2D eigenvalue weighted by Gasteiger charge is -2.42. The Morgan fingerprint density at radius 1 is 1.55 bits per heavy atom. The van der Waals surface area contributed by atoms with Crippen molar-refractivity contribution < 1.29 is 14.6 Å². The number of aliphatic hydroxyl groups excluding tert-OH is 1. The van der Waals surface area contributed by atoms with Gasteiger partial charge in [0.15, 0.2) is 0 Å². The van der Waals surface area contributed by atoms with Crippen molar-refractivity contribution in [2.75, 3.05) is 38.3 Å². The van der Waals surface area contributed by atoms with Crippen molar-refractivity contribution in [2.24, 2.45) is 11.1 Å². The van der Waals surface area contributed by atoms with Crippen LogP contribution in [-0.4, -0.2) is 54.4 Å². The van der Waals surface area contributed by atoms with E-state index in [1.807, 2.05) is 0 Å². The van der Waals surface area contributed by atoms with Crippen LogP contribution in [0.15, 0.2) is 12.4 Å². The third kappa shape index (κ3) is 3.92. The number of piperidine rings is 1. The van der Waals surface area contributed by atoms with E-state index in [4.69, 9.17) is 10.5 Å². The summed E-state index contributed by atoms with van der Waals surface area (Å²) in [7, 11) is 1.68. The second kappa shape index (κ2) is 7.51. The van der Waals surface area contributed by atoms with Gasteiger partial charge in [-0.05, 0) is 25.7 Å². The minimum absolute atomic E-state index is 0.135. The Balaban J connectivity index is 2.11. The Hall–Kier alpha value is -1.73. The molecule has 0 aliphatic carbocycles. The van der Waals surface area contributed by atoms with Gasteiger partial charge in [0.1, 0.15) is 11.5 Å². The van der Waals surface area contributed by atoms with Crippen LogP contribution in [0.1, 0.15) is 36.2 Å². The van der Waals surface area contributed by atoms with Gasteiger partial charge in [-0.25, -0.2) is 4.98 Å². The van der Waals surface area contributed by atoms with E-state index in [0.29, 0.717) is 19.0 Å². The second-order valence-electron chi connectivity index (χ2n) is 5.91. The van der Waals surface area contributed by atoms with Gasteiger partial charge >= 0.3 is 0 Å². The highest BCUT2D eigenvalue weighted by atomic mass is 16.5. The van der Waals surface area contributed by atoms with E-state index in [0.717, 1.165) is 32.2 Å². The van der Waals surface area contributed by atoms with E-state index in [-0.39, 0.29) is 17.7 Å². The Morgan fingerprint density at radius 3 is 3.05 bits per heavy atom. The second-order valence-corrected chi connectivity index (χ2v) is 5.91. The van der Waals surface area contributed by atoms with Crippen LogP contribution in [0.25, 0.3) is 0 Å². The summed E-state index contributed by atoms with van der Waals surface area (Å²) in [5, 5.41) is 9.87. The molecule has 0 spiro atoms. The van der Waals surface area contributed by atoms with E-state index in [2.05, 4.69) is 14.9 Å². The number of anilines is 1. The smallest absolute Gasteiger partial charge is 0.268 e. The predicted octanol–water partition coefficient (Wildman–Crippen LogP) is 0.581. The fraction of sp³-hybridized carbons (Fsp3) is 0.667. The summed E-state index contributed by atoms with van der Waals surface area (Å²) >= 11 is 0. The number of nitrogens with two attached hydrogens (primary N) is 1. The van der Waals surface area contributed by atoms with Gasteiger partial charge in [0.25, 0.3) is 5.91 Å². The standard InChI is InChI=1S/C15H24N4O3/c1-22-7-3-5-15(11-20)4-2-6-19(10-15)13-9-17-8-12(18-13)14(16)21/h8-9,20H,2-7,10-11H2,1H3,(H2,16,21). The monoisotopic (exact) mass is 308 g/mol. The topological polar surface area (TPSA) is 102 Å². The highest BCUT2D eigenvalue weighted by Gasteiger charge is 2.35. The number of amides is 1. The zero-order valence-electron chi connectivity index (χ0n) is 13.0. The number of primary amides is 1. The molecule has 1 aliphatic rings. The number of carbonyl (C=O) groups excluding carboxylic acids is 1. The maximum Gasteiger partial charge on any atom is 0.268 e. The summed E-state index contributed by atoms with van der Waals surface area (Å²) in [4.78, 5) is 21.6. The van der Waals surface area contributed by atoms with Crippen molar-refractivity contribution in [3.63, 3.8) is 0 Å². The first-order chi connectivity index (χ1) is 10.6. The molecule has 3 N–H and O–H groups in total. The van der Waals surface area contributed by atoms with Crippen LogP contribution in [0.5, 0.6) is 0 Å². The minimum atomic E-state index is -0.583. The number of ether oxygens (including phenoxy) is 1. The molecule has 1 saturated heterocycles. The molecular weight excluding hydrogens is 284 g/mol. The van der Waals surface area contributed by atoms with E-state index in [1.54, 1.807) is 13.3 Å². The fourth-order valence-electron chi connectivity index (χ4n) is 3.03. The lowest BCUT2D eigenvalue weighted by Crippen LogP contribution is -2.46. The number of aliphatic hydroxyl groups is 1. The Bertz CT molecular complexity index is 511. The van der Waals surface area contributed by atoms with Crippen molar-refractivity contribution in [3.05, 3.63) is 18.1 Å². The number of rotatable bonds is 7. The molecule has 1 fully saturated rings. The lowest BCUT2D eigenvalue weighted by molar-refractivity contribution is 0.0820. The molecule has 1 aromatic rings. The molecule has 2 rings (SSSR count).